The number of carbonyl (C=O) groups excluding carboxylic acids is 1. The topological polar surface area (TPSA) is 66.1 Å². The van der Waals surface area contributed by atoms with E-state index < -0.39 is 0 Å². The van der Waals surface area contributed by atoms with E-state index in [9.17, 15) is 9.59 Å². The van der Waals surface area contributed by atoms with Crippen molar-refractivity contribution in [3.05, 3.63) is 27.4 Å². The third-order valence-corrected chi connectivity index (χ3v) is 3.08. The van der Waals surface area contributed by atoms with Crippen LogP contribution in [-0.4, -0.2) is 33.9 Å². The average molecular weight is 235 g/mol. The van der Waals surface area contributed by atoms with Crippen LogP contribution in [0.25, 0.3) is 0 Å². The Morgan fingerprint density at radius 3 is 2.47 bits per heavy atom. The van der Waals surface area contributed by atoms with Crippen molar-refractivity contribution in [2.45, 2.75) is 33.1 Å². The van der Waals surface area contributed by atoms with Crippen LogP contribution in [0.4, 0.5) is 0 Å². The summed E-state index contributed by atoms with van der Waals surface area (Å²) < 4.78 is 0. The Morgan fingerprint density at radius 1 is 1.24 bits per heavy atom. The van der Waals surface area contributed by atoms with Crippen LogP contribution in [0.15, 0.2) is 4.79 Å². The van der Waals surface area contributed by atoms with Gasteiger partial charge < -0.3 is 9.88 Å². The molecule has 0 aromatic carbocycles. The Hall–Kier alpha value is -1.65. The molecule has 0 aliphatic carbocycles. The van der Waals surface area contributed by atoms with Gasteiger partial charge in [-0.3, -0.25) is 9.59 Å². The SMILES string of the molecule is Cc1nc(C)c(C(=O)N2CCCCC2)c(=O)[nH]1. The van der Waals surface area contributed by atoms with E-state index >= 15 is 0 Å². The number of nitrogens with zero attached hydrogens (tertiary/aromatic N) is 2. The molecule has 1 saturated heterocycles. The van der Waals surface area contributed by atoms with Gasteiger partial charge in [0, 0.05) is 13.1 Å². The second kappa shape index (κ2) is 4.69. The van der Waals surface area contributed by atoms with Gasteiger partial charge in [0.1, 0.15) is 11.4 Å². The molecular formula is C12H17N3O2. The molecular weight excluding hydrogens is 218 g/mol. The van der Waals surface area contributed by atoms with Crippen LogP contribution in [0.3, 0.4) is 0 Å². The summed E-state index contributed by atoms with van der Waals surface area (Å²) in [6.07, 6.45) is 3.19. The van der Waals surface area contributed by atoms with Crippen molar-refractivity contribution >= 4 is 5.91 Å². The van der Waals surface area contributed by atoms with Crippen molar-refractivity contribution < 1.29 is 4.79 Å². The van der Waals surface area contributed by atoms with Crippen molar-refractivity contribution in [2.24, 2.45) is 0 Å². The van der Waals surface area contributed by atoms with E-state index in [4.69, 9.17) is 0 Å². The molecule has 17 heavy (non-hydrogen) atoms. The highest BCUT2D eigenvalue weighted by molar-refractivity contribution is 5.94. The number of nitrogens with one attached hydrogen (secondary N) is 1. The Morgan fingerprint density at radius 2 is 1.88 bits per heavy atom. The lowest BCUT2D eigenvalue weighted by atomic mass is 10.1. The van der Waals surface area contributed by atoms with E-state index in [0.29, 0.717) is 11.5 Å². The molecule has 1 amide bonds. The number of aryl methyl sites for hydroxylation is 2. The van der Waals surface area contributed by atoms with E-state index in [1.54, 1.807) is 18.7 Å². The highest BCUT2D eigenvalue weighted by Crippen LogP contribution is 2.12. The third kappa shape index (κ3) is 2.38. The zero-order valence-electron chi connectivity index (χ0n) is 10.2. The molecule has 1 N–H and O–H groups in total. The Balaban J connectivity index is 2.33. The van der Waals surface area contributed by atoms with E-state index in [-0.39, 0.29) is 17.0 Å². The predicted octanol–water partition coefficient (Wildman–Crippen LogP) is 1.01. The molecule has 1 aromatic heterocycles. The first-order valence-corrected chi connectivity index (χ1v) is 5.96. The number of aromatic nitrogens is 2. The molecule has 0 saturated carbocycles. The Bertz CT molecular complexity index is 487. The first kappa shape index (κ1) is 11.8. The van der Waals surface area contributed by atoms with Crippen molar-refractivity contribution in [3.63, 3.8) is 0 Å². The normalized spacial score (nSPS) is 16.0. The van der Waals surface area contributed by atoms with Gasteiger partial charge in [-0.05, 0) is 33.1 Å². The van der Waals surface area contributed by atoms with E-state index in [1.165, 1.54) is 0 Å². The van der Waals surface area contributed by atoms with Crippen LogP contribution in [-0.2, 0) is 0 Å². The fraction of sp³-hybridized carbons (Fsp3) is 0.583. The number of hydrogen-bond acceptors (Lipinski definition) is 3. The second-order valence-electron chi connectivity index (χ2n) is 4.46. The number of hydrogen-bond donors (Lipinski definition) is 1. The minimum absolute atomic E-state index is 0.184. The first-order chi connectivity index (χ1) is 8.09. The monoisotopic (exact) mass is 235 g/mol. The zero-order chi connectivity index (χ0) is 12.4. The fourth-order valence-corrected chi connectivity index (χ4v) is 2.23. The minimum Gasteiger partial charge on any atom is -0.338 e. The molecule has 1 aliphatic rings. The number of aromatic amines is 1. The summed E-state index contributed by atoms with van der Waals surface area (Å²) in [6, 6.07) is 0. The van der Waals surface area contributed by atoms with Gasteiger partial charge in [0.2, 0.25) is 0 Å². The number of amides is 1. The molecule has 5 heteroatoms. The van der Waals surface area contributed by atoms with Crippen LogP contribution in [0.2, 0.25) is 0 Å². The minimum atomic E-state index is -0.328. The summed E-state index contributed by atoms with van der Waals surface area (Å²) >= 11 is 0. The molecule has 5 nitrogen and oxygen atoms in total. The third-order valence-electron chi connectivity index (χ3n) is 3.08. The van der Waals surface area contributed by atoms with Gasteiger partial charge in [0.05, 0.1) is 5.69 Å². The molecule has 92 valence electrons. The van der Waals surface area contributed by atoms with Crippen molar-refractivity contribution in [1.82, 2.24) is 14.9 Å². The van der Waals surface area contributed by atoms with E-state index in [0.717, 1.165) is 32.4 Å². The van der Waals surface area contributed by atoms with Gasteiger partial charge in [-0.2, -0.15) is 0 Å². The van der Waals surface area contributed by atoms with Crippen molar-refractivity contribution in [3.8, 4) is 0 Å². The standard InChI is InChI=1S/C12H17N3O2/c1-8-10(11(16)14-9(2)13-8)12(17)15-6-4-3-5-7-15/h3-7H2,1-2H3,(H,13,14,16). The number of H-pyrrole nitrogens is 1. The summed E-state index contributed by atoms with van der Waals surface area (Å²) in [5.41, 5.74) is 0.380. The van der Waals surface area contributed by atoms with Gasteiger partial charge in [0.25, 0.3) is 11.5 Å². The van der Waals surface area contributed by atoms with Gasteiger partial charge >= 0.3 is 0 Å². The molecule has 1 fully saturated rings. The molecule has 0 radical (unpaired) electrons. The molecule has 0 atom stereocenters. The van der Waals surface area contributed by atoms with E-state index in [1.807, 2.05) is 0 Å². The highest BCUT2D eigenvalue weighted by atomic mass is 16.2. The lowest BCUT2D eigenvalue weighted by Crippen LogP contribution is -2.39. The van der Waals surface area contributed by atoms with Crippen LogP contribution in [0.1, 0.15) is 41.1 Å². The Labute approximate surface area is 99.9 Å². The fourth-order valence-electron chi connectivity index (χ4n) is 2.23. The van der Waals surface area contributed by atoms with Gasteiger partial charge in [-0.15, -0.1) is 0 Å². The van der Waals surface area contributed by atoms with Crippen LogP contribution in [0.5, 0.6) is 0 Å². The summed E-state index contributed by atoms with van der Waals surface area (Å²) in [5.74, 6) is 0.360. The largest absolute Gasteiger partial charge is 0.338 e. The number of likely N-dealkylation sites (tertiary alicyclic amines) is 1. The van der Waals surface area contributed by atoms with E-state index in [2.05, 4.69) is 9.97 Å². The second-order valence-corrected chi connectivity index (χ2v) is 4.46. The molecule has 0 unspecified atom stereocenters. The maximum atomic E-state index is 12.2. The van der Waals surface area contributed by atoms with Gasteiger partial charge in [0.15, 0.2) is 0 Å². The average Bonchev–Trinajstić information content (AvgIpc) is 2.28. The number of piperidine rings is 1. The quantitative estimate of drug-likeness (QED) is 0.790. The zero-order valence-corrected chi connectivity index (χ0v) is 10.2. The maximum absolute atomic E-state index is 12.2. The molecule has 1 aromatic rings. The number of carbonyl (C=O) groups is 1. The molecule has 2 heterocycles. The molecule has 0 spiro atoms. The summed E-state index contributed by atoms with van der Waals surface area (Å²) in [4.78, 5) is 32.5. The lowest BCUT2D eigenvalue weighted by molar-refractivity contribution is 0.0721. The molecule has 0 bridgehead atoms. The summed E-state index contributed by atoms with van der Waals surface area (Å²) in [6.45, 7) is 4.90. The molecule has 2 rings (SSSR count). The predicted molar refractivity (Wildman–Crippen MR) is 64.1 cm³/mol. The van der Waals surface area contributed by atoms with Gasteiger partial charge in [-0.1, -0.05) is 0 Å². The maximum Gasteiger partial charge on any atom is 0.264 e. The van der Waals surface area contributed by atoms with Gasteiger partial charge in [-0.25, -0.2) is 4.98 Å². The highest BCUT2D eigenvalue weighted by Gasteiger charge is 2.23. The van der Waals surface area contributed by atoms with Crippen molar-refractivity contribution in [2.75, 3.05) is 13.1 Å². The summed E-state index contributed by atoms with van der Waals surface area (Å²) in [7, 11) is 0. The van der Waals surface area contributed by atoms with Crippen LogP contribution < -0.4 is 5.56 Å². The Kier molecular flexibility index (Phi) is 3.26. The lowest BCUT2D eigenvalue weighted by Gasteiger charge is -2.26. The smallest absolute Gasteiger partial charge is 0.264 e. The number of rotatable bonds is 1. The summed E-state index contributed by atoms with van der Waals surface area (Å²) in [5, 5.41) is 0. The van der Waals surface area contributed by atoms with Crippen molar-refractivity contribution in [1.29, 1.82) is 0 Å². The molecule has 1 aliphatic heterocycles. The first-order valence-electron chi connectivity index (χ1n) is 5.96. The van der Waals surface area contributed by atoms with Crippen LogP contribution >= 0.6 is 0 Å². The van der Waals surface area contributed by atoms with Crippen LogP contribution in [0, 0.1) is 13.8 Å².